The Labute approximate surface area is 84.1 Å². The van der Waals surface area contributed by atoms with Crippen molar-refractivity contribution in [1.29, 1.82) is 0 Å². The Bertz CT molecular complexity index is 663. The van der Waals surface area contributed by atoms with E-state index in [2.05, 4.69) is 4.98 Å². The number of hydrogen-bond donors (Lipinski definition) is 2. The van der Waals surface area contributed by atoms with Gasteiger partial charge < -0.3 is 14.5 Å². The number of nitrogens with one attached hydrogen (secondary N) is 1. The van der Waals surface area contributed by atoms with Crippen molar-refractivity contribution in [3.05, 3.63) is 36.0 Å². The molecule has 0 bridgehead atoms. The summed E-state index contributed by atoms with van der Waals surface area (Å²) in [5.74, 6) is -0.981. The lowest BCUT2D eigenvalue weighted by Crippen LogP contribution is -1.94. The van der Waals surface area contributed by atoms with Gasteiger partial charge in [0.1, 0.15) is 11.3 Å². The van der Waals surface area contributed by atoms with Crippen LogP contribution < -0.4 is 0 Å². The molecule has 0 aliphatic carbocycles. The monoisotopic (exact) mass is 201 g/mol. The lowest BCUT2D eigenvalue weighted by atomic mass is 10.2. The molecule has 2 heterocycles. The molecule has 0 spiro atoms. The Balaban J connectivity index is 2.42. The molecule has 4 heteroatoms. The first-order valence-electron chi connectivity index (χ1n) is 4.49. The number of rotatable bonds is 1. The molecule has 1 aromatic carbocycles. The quantitative estimate of drug-likeness (QED) is 0.635. The third-order valence-electron chi connectivity index (χ3n) is 2.40. The van der Waals surface area contributed by atoms with E-state index in [1.807, 2.05) is 24.3 Å². The van der Waals surface area contributed by atoms with Crippen molar-refractivity contribution in [3.63, 3.8) is 0 Å². The predicted molar refractivity (Wildman–Crippen MR) is 55.0 cm³/mol. The summed E-state index contributed by atoms with van der Waals surface area (Å²) in [5, 5.41) is 10.5. The van der Waals surface area contributed by atoms with Crippen LogP contribution >= 0.6 is 0 Å². The SMILES string of the molecule is O=C(O)c1cc2c([nH]1)oc1ccccc12. The van der Waals surface area contributed by atoms with E-state index in [9.17, 15) is 4.79 Å². The summed E-state index contributed by atoms with van der Waals surface area (Å²) in [6.07, 6.45) is 0. The van der Waals surface area contributed by atoms with Crippen LogP contribution in [0.3, 0.4) is 0 Å². The molecule has 2 aromatic heterocycles. The van der Waals surface area contributed by atoms with E-state index in [0.29, 0.717) is 5.71 Å². The molecule has 3 aromatic rings. The average Bonchev–Trinajstić information content (AvgIpc) is 2.73. The molecule has 0 saturated carbocycles. The molecule has 0 radical (unpaired) electrons. The first-order valence-corrected chi connectivity index (χ1v) is 4.49. The Morgan fingerprint density at radius 3 is 2.87 bits per heavy atom. The van der Waals surface area contributed by atoms with Crippen LogP contribution in [0.5, 0.6) is 0 Å². The minimum Gasteiger partial charge on any atom is -0.477 e. The normalized spacial score (nSPS) is 11.2. The van der Waals surface area contributed by atoms with Crippen LogP contribution in [0.1, 0.15) is 10.5 Å². The second kappa shape index (κ2) is 2.63. The van der Waals surface area contributed by atoms with Crippen LogP contribution in [-0.2, 0) is 0 Å². The summed E-state index contributed by atoms with van der Waals surface area (Å²) < 4.78 is 5.46. The first-order chi connectivity index (χ1) is 7.25. The number of para-hydroxylation sites is 1. The van der Waals surface area contributed by atoms with Gasteiger partial charge in [-0.05, 0) is 12.1 Å². The number of H-pyrrole nitrogens is 1. The maximum absolute atomic E-state index is 10.7. The van der Waals surface area contributed by atoms with Gasteiger partial charge >= 0.3 is 5.97 Å². The van der Waals surface area contributed by atoms with Gasteiger partial charge in [0.2, 0.25) is 5.71 Å². The highest BCUT2D eigenvalue weighted by Crippen LogP contribution is 2.28. The van der Waals surface area contributed by atoms with Gasteiger partial charge in [-0.3, -0.25) is 0 Å². The Morgan fingerprint density at radius 1 is 1.27 bits per heavy atom. The number of fused-ring (bicyclic) bond motifs is 3. The van der Waals surface area contributed by atoms with Crippen LogP contribution in [0.4, 0.5) is 0 Å². The predicted octanol–water partition coefficient (Wildman–Crippen LogP) is 2.61. The number of aromatic nitrogens is 1. The highest BCUT2D eigenvalue weighted by Gasteiger charge is 2.13. The van der Waals surface area contributed by atoms with E-state index >= 15 is 0 Å². The molecule has 3 rings (SSSR count). The van der Waals surface area contributed by atoms with Gasteiger partial charge in [-0.2, -0.15) is 0 Å². The molecule has 74 valence electrons. The smallest absolute Gasteiger partial charge is 0.352 e. The van der Waals surface area contributed by atoms with Crippen LogP contribution in [0, 0.1) is 0 Å². The number of benzene rings is 1. The van der Waals surface area contributed by atoms with Crippen molar-refractivity contribution in [2.24, 2.45) is 0 Å². The highest BCUT2D eigenvalue weighted by molar-refractivity contribution is 6.06. The summed E-state index contributed by atoms with van der Waals surface area (Å²) in [6, 6.07) is 9.11. The molecular weight excluding hydrogens is 194 g/mol. The maximum atomic E-state index is 10.7. The number of aromatic carboxylic acids is 1. The average molecular weight is 201 g/mol. The van der Waals surface area contributed by atoms with E-state index < -0.39 is 5.97 Å². The standard InChI is InChI=1S/C11H7NO3/c13-11(14)8-5-7-6-3-1-2-4-9(6)15-10(7)12-8/h1-5,12H,(H,13,14). The van der Waals surface area contributed by atoms with E-state index in [0.717, 1.165) is 16.4 Å². The summed E-state index contributed by atoms with van der Waals surface area (Å²) in [7, 11) is 0. The van der Waals surface area contributed by atoms with Crippen LogP contribution in [0.2, 0.25) is 0 Å². The van der Waals surface area contributed by atoms with Crippen molar-refractivity contribution < 1.29 is 14.3 Å². The summed E-state index contributed by atoms with van der Waals surface area (Å²) in [4.78, 5) is 13.4. The van der Waals surface area contributed by atoms with Gasteiger partial charge in [0, 0.05) is 10.8 Å². The Kier molecular flexibility index (Phi) is 1.42. The van der Waals surface area contributed by atoms with E-state index in [1.165, 1.54) is 0 Å². The minimum absolute atomic E-state index is 0.148. The number of carbonyl (C=O) groups is 1. The van der Waals surface area contributed by atoms with Crippen molar-refractivity contribution in [1.82, 2.24) is 4.98 Å². The largest absolute Gasteiger partial charge is 0.477 e. The van der Waals surface area contributed by atoms with Gasteiger partial charge in [0.15, 0.2) is 0 Å². The molecule has 0 amide bonds. The summed E-state index contributed by atoms with van der Waals surface area (Å²) >= 11 is 0. The maximum Gasteiger partial charge on any atom is 0.352 e. The van der Waals surface area contributed by atoms with Crippen molar-refractivity contribution in [2.75, 3.05) is 0 Å². The fourth-order valence-electron chi connectivity index (χ4n) is 1.72. The third-order valence-corrected chi connectivity index (χ3v) is 2.40. The molecule has 0 saturated heterocycles. The van der Waals surface area contributed by atoms with Crippen molar-refractivity contribution in [3.8, 4) is 0 Å². The zero-order valence-electron chi connectivity index (χ0n) is 7.65. The third kappa shape index (κ3) is 1.05. The lowest BCUT2D eigenvalue weighted by Gasteiger charge is -1.86. The van der Waals surface area contributed by atoms with Crippen LogP contribution in [0.25, 0.3) is 22.1 Å². The Morgan fingerprint density at radius 2 is 2.07 bits per heavy atom. The van der Waals surface area contributed by atoms with Gasteiger partial charge in [-0.25, -0.2) is 4.79 Å². The molecular formula is C11H7NO3. The van der Waals surface area contributed by atoms with Gasteiger partial charge in [-0.1, -0.05) is 18.2 Å². The van der Waals surface area contributed by atoms with Gasteiger partial charge in [0.25, 0.3) is 0 Å². The van der Waals surface area contributed by atoms with Gasteiger partial charge in [0.05, 0.1) is 0 Å². The highest BCUT2D eigenvalue weighted by atomic mass is 16.4. The molecule has 4 nitrogen and oxygen atoms in total. The second-order valence-corrected chi connectivity index (χ2v) is 3.33. The van der Waals surface area contributed by atoms with E-state index in [-0.39, 0.29) is 5.69 Å². The van der Waals surface area contributed by atoms with Crippen molar-refractivity contribution >= 4 is 28.0 Å². The number of furan rings is 1. The van der Waals surface area contributed by atoms with Gasteiger partial charge in [-0.15, -0.1) is 0 Å². The molecule has 0 atom stereocenters. The molecule has 0 aliphatic rings. The fourth-order valence-corrected chi connectivity index (χ4v) is 1.72. The lowest BCUT2D eigenvalue weighted by molar-refractivity contribution is 0.0691. The number of hydrogen-bond acceptors (Lipinski definition) is 2. The summed E-state index contributed by atoms with van der Waals surface area (Å²) in [6.45, 7) is 0. The Hall–Kier alpha value is -2.23. The summed E-state index contributed by atoms with van der Waals surface area (Å²) in [5.41, 5.74) is 1.42. The molecule has 2 N–H and O–H groups in total. The fraction of sp³-hybridized carbons (Fsp3) is 0. The molecule has 15 heavy (non-hydrogen) atoms. The minimum atomic E-state index is -0.981. The van der Waals surface area contributed by atoms with E-state index in [1.54, 1.807) is 6.07 Å². The number of aromatic amines is 1. The number of carboxylic acids is 1. The molecule has 0 unspecified atom stereocenters. The zero-order valence-corrected chi connectivity index (χ0v) is 7.65. The topological polar surface area (TPSA) is 66.2 Å². The number of carboxylic acid groups (broad SMARTS) is 1. The van der Waals surface area contributed by atoms with E-state index in [4.69, 9.17) is 9.52 Å². The van der Waals surface area contributed by atoms with Crippen molar-refractivity contribution in [2.45, 2.75) is 0 Å². The molecule has 0 aliphatic heterocycles. The van der Waals surface area contributed by atoms with Crippen LogP contribution in [-0.4, -0.2) is 16.1 Å². The first kappa shape index (κ1) is 8.11. The van der Waals surface area contributed by atoms with Crippen LogP contribution in [0.15, 0.2) is 34.7 Å². The molecule has 0 fully saturated rings. The zero-order chi connectivity index (χ0) is 10.4. The second-order valence-electron chi connectivity index (χ2n) is 3.33.